The highest BCUT2D eigenvalue weighted by Crippen LogP contribution is 2.30. The number of carbonyl (C=O) groups excluding carboxylic acids is 2. The fraction of sp³-hybridized carbons (Fsp3) is 0.368. The van der Waals surface area contributed by atoms with Crippen LogP contribution >= 0.6 is 0 Å². The zero-order chi connectivity index (χ0) is 19.7. The van der Waals surface area contributed by atoms with Gasteiger partial charge in [-0.3, -0.25) is 9.59 Å². The number of hydrogen-bond donors (Lipinski definition) is 0. The molecule has 4 rings (SSSR count). The highest BCUT2D eigenvalue weighted by Gasteiger charge is 2.39. The molecule has 2 aliphatic rings. The molecular weight excluding hydrogens is 368 g/mol. The zero-order valence-electron chi connectivity index (χ0n) is 15.1. The van der Waals surface area contributed by atoms with Gasteiger partial charge in [-0.25, -0.2) is 18.7 Å². The molecule has 0 saturated carbocycles. The minimum absolute atomic E-state index is 0.0163. The number of aromatic nitrogens is 2. The summed E-state index contributed by atoms with van der Waals surface area (Å²) >= 11 is 0. The Kier molecular flexibility index (Phi) is 4.89. The van der Waals surface area contributed by atoms with Crippen molar-refractivity contribution in [2.75, 3.05) is 42.5 Å². The van der Waals surface area contributed by atoms with E-state index in [4.69, 9.17) is 0 Å². The summed E-state index contributed by atoms with van der Waals surface area (Å²) in [5, 5.41) is 0. The van der Waals surface area contributed by atoms with Crippen LogP contribution in [0.3, 0.4) is 0 Å². The Hall–Kier alpha value is -3.10. The number of benzene rings is 1. The molecule has 28 heavy (non-hydrogen) atoms. The number of piperazine rings is 1. The standard InChI is InChI=1S/C19H19F2N5O2/c20-14-3-1-4-15(21)17(14)26-12-13(11-16(26)27)18(28)24-7-9-25(10-8-24)19-22-5-2-6-23-19/h1-6,13H,7-12H2. The van der Waals surface area contributed by atoms with E-state index in [2.05, 4.69) is 9.97 Å². The lowest BCUT2D eigenvalue weighted by Crippen LogP contribution is -2.51. The molecule has 1 aromatic carbocycles. The second-order valence-corrected chi connectivity index (χ2v) is 6.84. The van der Waals surface area contributed by atoms with Gasteiger partial charge in [-0.1, -0.05) is 6.07 Å². The topological polar surface area (TPSA) is 69.6 Å². The molecule has 0 spiro atoms. The molecule has 0 aliphatic carbocycles. The first kappa shape index (κ1) is 18.3. The van der Waals surface area contributed by atoms with Crippen LogP contribution in [0.1, 0.15) is 6.42 Å². The summed E-state index contributed by atoms with van der Waals surface area (Å²) in [5.41, 5.74) is -0.381. The predicted octanol–water partition coefficient (Wildman–Crippen LogP) is 1.46. The molecule has 2 saturated heterocycles. The lowest BCUT2D eigenvalue weighted by atomic mass is 10.1. The molecule has 1 unspecified atom stereocenters. The normalized spacial score (nSPS) is 20.0. The van der Waals surface area contributed by atoms with Gasteiger partial charge in [-0.2, -0.15) is 0 Å². The maximum atomic E-state index is 14.0. The van der Waals surface area contributed by atoms with Gasteiger partial charge < -0.3 is 14.7 Å². The van der Waals surface area contributed by atoms with Crippen molar-refractivity contribution in [2.45, 2.75) is 6.42 Å². The molecule has 2 amide bonds. The predicted molar refractivity (Wildman–Crippen MR) is 97.6 cm³/mol. The molecule has 2 aliphatic heterocycles. The van der Waals surface area contributed by atoms with Crippen molar-refractivity contribution in [3.05, 3.63) is 48.3 Å². The lowest BCUT2D eigenvalue weighted by Gasteiger charge is -2.35. The second-order valence-electron chi connectivity index (χ2n) is 6.84. The monoisotopic (exact) mass is 387 g/mol. The van der Waals surface area contributed by atoms with Gasteiger partial charge in [0.1, 0.15) is 17.3 Å². The maximum Gasteiger partial charge on any atom is 0.228 e. The van der Waals surface area contributed by atoms with Crippen molar-refractivity contribution in [1.29, 1.82) is 0 Å². The maximum absolute atomic E-state index is 14.0. The Morgan fingerprint density at radius 3 is 2.29 bits per heavy atom. The molecule has 9 heteroatoms. The summed E-state index contributed by atoms with van der Waals surface area (Å²) in [6.45, 7) is 2.12. The summed E-state index contributed by atoms with van der Waals surface area (Å²) in [4.78, 5) is 38.3. The Labute approximate surface area is 160 Å². The van der Waals surface area contributed by atoms with E-state index in [1.165, 1.54) is 6.07 Å². The third kappa shape index (κ3) is 3.39. The number of para-hydroxylation sites is 1. The molecule has 3 heterocycles. The fourth-order valence-electron chi connectivity index (χ4n) is 3.68. The molecule has 2 aromatic rings. The van der Waals surface area contributed by atoms with E-state index >= 15 is 0 Å². The van der Waals surface area contributed by atoms with Crippen molar-refractivity contribution in [1.82, 2.24) is 14.9 Å². The van der Waals surface area contributed by atoms with Gasteiger partial charge in [-0.15, -0.1) is 0 Å². The van der Waals surface area contributed by atoms with Crippen LogP contribution in [-0.2, 0) is 9.59 Å². The number of nitrogens with zero attached hydrogens (tertiary/aromatic N) is 5. The van der Waals surface area contributed by atoms with Gasteiger partial charge in [0, 0.05) is 51.5 Å². The summed E-state index contributed by atoms with van der Waals surface area (Å²) in [6.07, 6.45) is 3.29. The SMILES string of the molecule is O=C(C1CC(=O)N(c2c(F)cccc2F)C1)N1CCN(c2ncccn2)CC1. The fourth-order valence-corrected chi connectivity index (χ4v) is 3.68. The van der Waals surface area contributed by atoms with Crippen LogP contribution in [0, 0.1) is 17.6 Å². The smallest absolute Gasteiger partial charge is 0.228 e. The number of hydrogen-bond acceptors (Lipinski definition) is 5. The van der Waals surface area contributed by atoms with Crippen LogP contribution in [0.15, 0.2) is 36.7 Å². The van der Waals surface area contributed by atoms with Crippen molar-refractivity contribution in [3.63, 3.8) is 0 Å². The first-order valence-electron chi connectivity index (χ1n) is 9.09. The molecule has 7 nitrogen and oxygen atoms in total. The number of rotatable bonds is 3. The quantitative estimate of drug-likeness (QED) is 0.798. The summed E-state index contributed by atoms with van der Waals surface area (Å²) < 4.78 is 28.0. The minimum atomic E-state index is -0.807. The van der Waals surface area contributed by atoms with E-state index < -0.39 is 23.5 Å². The first-order valence-corrected chi connectivity index (χ1v) is 9.09. The van der Waals surface area contributed by atoms with Crippen molar-refractivity contribution >= 4 is 23.5 Å². The second kappa shape index (κ2) is 7.49. The van der Waals surface area contributed by atoms with Crippen LogP contribution in [0.25, 0.3) is 0 Å². The largest absolute Gasteiger partial charge is 0.339 e. The number of amides is 2. The molecule has 2 fully saturated rings. The Morgan fingerprint density at radius 1 is 1.00 bits per heavy atom. The van der Waals surface area contributed by atoms with E-state index in [9.17, 15) is 18.4 Å². The number of halogens is 2. The Morgan fingerprint density at radius 2 is 1.64 bits per heavy atom. The third-order valence-electron chi connectivity index (χ3n) is 5.11. The molecule has 146 valence electrons. The Balaban J connectivity index is 1.41. The van der Waals surface area contributed by atoms with Crippen molar-refractivity contribution in [3.8, 4) is 0 Å². The third-order valence-corrected chi connectivity index (χ3v) is 5.11. The summed E-state index contributed by atoms with van der Waals surface area (Å²) in [6, 6.07) is 5.19. The minimum Gasteiger partial charge on any atom is -0.339 e. The van der Waals surface area contributed by atoms with Crippen LogP contribution < -0.4 is 9.80 Å². The van der Waals surface area contributed by atoms with Gasteiger partial charge >= 0.3 is 0 Å². The average Bonchev–Trinajstić information content (AvgIpc) is 3.09. The molecule has 1 aromatic heterocycles. The van der Waals surface area contributed by atoms with Crippen LogP contribution in [0.2, 0.25) is 0 Å². The van der Waals surface area contributed by atoms with Crippen molar-refractivity contribution in [2.24, 2.45) is 5.92 Å². The van der Waals surface area contributed by atoms with Gasteiger partial charge in [0.15, 0.2) is 0 Å². The lowest BCUT2D eigenvalue weighted by molar-refractivity contribution is -0.136. The first-order chi connectivity index (χ1) is 13.5. The number of anilines is 2. The van der Waals surface area contributed by atoms with E-state index in [1.807, 2.05) is 4.90 Å². The number of carbonyl (C=O) groups is 2. The zero-order valence-corrected chi connectivity index (χ0v) is 15.1. The highest BCUT2D eigenvalue weighted by molar-refractivity contribution is 6.00. The van der Waals surface area contributed by atoms with E-state index in [0.29, 0.717) is 32.1 Å². The van der Waals surface area contributed by atoms with E-state index in [-0.39, 0.29) is 24.6 Å². The van der Waals surface area contributed by atoms with Gasteiger partial charge in [0.25, 0.3) is 0 Å². The van der Waals surface area contributed by atoms with Crippen LogP contribution in [-0.4, -0.2) is 59.4 Å². The summed E-state index contributed by atoms with van der Waals surface area (Å²) in [5.74, 6) is -2.21. The Bertz CT molecular complexity index is 867. The van der Waals surface area contributed by atoms with E-state index in [0.717, 1.165) is 17.0 Å². The van der Waals surface area contributed by atoms with Crippen LogP contribution in [0.5, 0.6) is 0 Å². The van der Waals surface area contributed by atoms with Gasteiger partial charge in [-0.05, 0) is 18.2 Å². The summed E-state index contributed by atoms with van der Waals surface area (Å²) in [7, 11) is 0. The van der Waals surface area contributed by atoms with Crippen LogP contribution in [0.4, 0.5) is 20.4 Å². The molecular formula is C19H19F2N5O2. The molecule has 0 N–H and O–H groups in total. The highest BCUT2D eigenvalue weighted by atomic mass is 19.1. The molecule has 0 radical (unpaired) electrons. The molecule has 0 bridgehead atoms. The van der Waals surface area contributed by atoms with Gasteiger partial charge in [0.2, 0.25) is 17.8 Å². The molecule has 1 atom stereocenters. The van der Waals surface area contributed by atoms with E-state index in [1.54, 1.807) is 23.4 Å². The average molecular weight is 387 g/mol. The van der Waals surface area contributed by atoms with Gasteiger partial charge in [0.05, 0.1) is 5.92 Å². The van der Waals surface area contributed by atoms with Crippen molar-refractivity contribution < 1.29 is 18.4 Å².